The van der Waals surface area contributed by atoms with E-state index in [1.165, 1.54) is 23.4 Å². The van der Waals surface area contributed by atoms with Crippen LogP contribution in [0.5, 0.6) is 0 Å². The Morgan fingerprint density at radius 1 is 1.37 bits per heavy atom. The fourth-order valence-electron chi connectivity index (χ4n) is 2.12. The van der Waals surface area contributed by atoms with Crippen LogP contribution in [0.4, 0.5) is 13.2 Å². The number of aromatic nitrogens is 1. The molecule has 0 atom stereocenters. The number of nitrogens with zero attached hydrogens (tertiary/aromatic N) is 2. The fourth-order valence-corrected chi connectivity index (χ4v) is 2.30. The lowest BCUT2D eigenvalue weighted by Gasteiger charge is -2.33. The van der Waals surface area contributed by atoms with Gasteiger partial charge in [-0.05, 0) is 18.9 Å². The molecule has 2 heterocycles. The average molecular weight is 293 g/mol. The predicted octanol–water partition coefficient (Wildman–Crippen LogP) is 3.15. The van der Waals surface area contributed by atoms with Crippen molar-refractivity contribution in [2.45, 2.75) is 19.0 Å². The van der Waals surface area contributed by atoms with E-state index in [-0.39, 0.29) is 42.4 Å². The van der Waals surface area contributed by atoms with Crippen LogP contribution >= 0.6 is 11.6 Å². The van der Waals surface area contributed by atoms with Crippen molar-refractivity contribution in [3.63, 3.8) is 0 Å². The first-order valence-corrected chi connectivity index (χ1v) is 6.23. The quantitative estimate of drug-likeness (QED) is 0.796. The van der Waals surface area contributed by atoms with Gasteiger partial charge in [-0.25, -0.2) is 0 Å². The van der Waals surface area contributed by atoms with Crippen molar-refractivity contribution < 1.29 is 18.0 Å². The first kappa shape index (κ1) is 14.1. The molecule has 0 saturated carbocycles. The van der Waals surface area contributed by atoms with Gasteiger partial charge in [0.25, 0.3) is 5.91 Å². The number of amides is 1. The highest BCUT2D eigenvalue weighted by molar-refractivity contribution is 6.33. The van der Waals surface area contributed by atoms with E-state index in [9.17, 15) is 18.0 Å². The van der Waals surface area contributed by atoms with E-state index in [0.717, 1.165) is 0 Å². The van der Waals surface area contributed by atoms with Gasteiger partial charge in [0, 0.05) is 25.5 Å². The molecule has 1 aromatic rings. The van der Waals surface area contributed by atoms with Crippen molar-refractivity contribution in [2.24, 2.45) is 5.92 Å². The molecule has 1 fully saturated rings. The molecule has 1 aliphatic heterocycles. The summed E-state index contributed by atoms with van der Waals surface area (Å²) in [4.78, 5) is 17.3. The number of hydrogen-bond donors (Lipinski definition) is 0. The lowest BCUT2D eigenvalue weighted by molar-refractivity contribution is -0.183. The number of halogens is 4. The number of hydrogen-bond acceptors (Lipinski definition) is 2. The number of pyridine rings is 1. The van der Waals surface area contributed by atoms with Crippen LogP contribution in [-0.2, 0) is 0 Å². The highest BCUT2D eigenvalue weighted by Crippen LogP contribution is 2.34. The molecule has 0 radical (unpaired) electrons. The zero-order valence-corrected chi connectivity index (χ0v) is 10.7. The Balaban J connectivity index is 2.03. The average Bonchev–Trinajstić information content (AvgIpc) is 2.38. The maximum Gasteiger partial charge on any atom is 0.391 e. The third-order valence-electron chi connectivity index (χ3n) is 3.24. The second-order valence-electron chi connectivity index (χ2n) is 4.46. The van der Waals surface area contributed by atoms with Crippen LogP contribution < -0.4 is 0 Å². The van der Waals surface area contributed by atoms with Crippen molar-refractivity contribution in [1.82, 2.24) is 9.88 Å². The molecule has 0 spiro atoms. The van der Waals surface area contributed by atoms with Gasteiger partial charge in [0.15, 0.2) is 0 Å². The van der Waals surface area contributed by atoms with Gasteiger partial charge in [0.05, 0.1) is 16.5 Å². The minimum atomic E-state index is -4.18. The molecular weight excluding hydrogens is 281 g/mol. The lowest BCUT2D eigenvalue weighted by atomic mass is 9.96. The Morgan fingerprint density at radius 3 is 2.53 bits per heavy atom. The van der Waals surface area contributed by atoms with Gasteiger partial charge in [0.1, 0.15) is 0 Å². The Bertz CT molecular complexity index is 470. The van der Waals surface area contributed by atoms with Crippen LogP contribution in [-0.4, -0.2) is 35.1 Å². The van der Waals surface area contributed by atoms with E-state index in [1.807, 2.05) is 0 Å². The summed E-state index contributed by atoms with van der Waals surface area (Å²) in [6, 6.07) is 1.48. The molecule has 104 valence electrons. The maximum absolute atomic E-state index is 12.5. The SMILES string of the molecule is O=C(c1cnccc1Cl)N1CCC(C(F)(F)F)CC1. The summed E-state index contributed by atoms with van der Waals surface area (Å²) in [5, 5.41) is 0.262. The third kappa shape index (κ3) is 3.18. The molecule has 0 N–H and O–H groups in total. The van der Waals surface area contributed by atoms with E-state index >= 15 is 0 Å². The van der Waals surface area contributed by atoms with Gasteiger partial charge in [-0.2, -0.15) is 13.2 Å². The van der Waals surface area contributed by atoms with Gasteiger partial charge in [-0.1, -0.05) is 11.6 Å². The second kappa shape index (κ2) is 5.36. The number of carbonyl (C=O) groups is 1. The number of piperidine rings is 1. The predicted molar refractivity (Wildman–Crippen MR) is 63.9 cm³/mol. The molecule has 1 aliphatic rings. The van der Waals surface area contributed by atoms with Crippen molar-refractivity contribution in [2.75, 3.05) is 13.1 Å². The highest BCUT2D eigenvalue weighted by atomic mass is 35.5. The normalized spacial score (nSPS) is 17.6. The van der Waals surface area contributed by atoms with Crippen LogP contribution in [0.3, 0.4) is 0 Å². The summed E-state index contributed by atoms with van der Waals surface area (Å²) in [5.41, 5.74) is 0.231. The van der Waals surface area contributed by atoms with Gasteiger partial charge in [0.2, 0.25) is 0 Å². The van der Waals surface area contributed by atoms with Crippen molar-refractivity contribution in [1.29, 1.82) is 0 Å². The number of alkyl halides is 3. The van der Waals surface area contributed by atoms with E-state index in [1.54, 1.807) is 0 Å². The van der Waals surface area contributed by atoms with E-state index < -0.39 is 12.1 Å². The fraction of sp³-hybridized carbons (Fsp3) is 0.500. The Hall–Kier alpha value is -1.30. The molecular formula is C12H12ClF3N2O. The molecule has 0 unspecified atom stereocenters. The molecule has 19 heavy (non-hydrogen) atoms. The molecule has 7 heteroatoms. The summed E-state index contributed by atoms with van der Waals surface area (Å²) < 4.78 is 37.6. The zero-order chi connectivity index (χ0) is 14.0. The molecule has 1 amide bonds. The van der Waals surface area contributed by atoms with Crippen molar-refractivity contribution >= 4 is 17.5 Å². The summed E-state index contributed by atoms with van der Waals surface area (Å²) in [5.74, 6) is -1.68. The summed E-state index contributed by atoms with van der Waals surface area (Å²) in [6.45, 7) is 0.183. The smallest absolute Gasteiger partial charge is 0.339 e. The molecule has 2 rings (SSSR count). The lowest BCUT2D eigenvalue weighted by Crippen LogP contribution is -2.42. The minimum Gasteiger partial charge on any atom is -0.339 e. The van der Waals surface area contributed by atoms with Crippen LogP contribution in [0, 0.1) is 5.92 Å². The zero-order valence-electron chi connectivity index (χ0n) is 9.95. The number of rotatable bonds is 1. The number of carbonyl (C=O) groups excluding carboxylic acids is 1. The number of likely N-dealkylation sites (tertiary alicyclic amines) is 1. The van der Waals surface area contributed by atoms with Crippen molar-refractivity contribution in [3.05, 3.63) is 29.0 Å². The van der Waals surface area contributed by atoms with Crippen LogP contribution in [0.1, 0.15) is 23.2 Å². The monoisotopic (exact) mass is 292 g/mol. The summed E-state index contributed by atoms with van der Waals surface area (Å²) in [6.07, 6.45) is -1.52. The van der Waals surface area contributed by atoms with Gasteiger partial charge < -0.3 is 4.90 Å². The standard InChI is InChI=1S/C12H12ClF3N2O/c13-10-1-4-17-7-9(10)11(19)18-5-2-8(3-6-18)12(14,15)16/h1,4,7-8H,2-3,5-6H2. The Kier molecular flexibility index (Phi) is 3.99. The highest BCUT2D eigenvalue weighted by Gasteiger charge is 2.41. The maximum atomic E-state index is 12.5. The molecule has 3 nitrogen and oxygen atoms in total. The minimum absolute atomic E-state index is 0.0624. The largest absolute Gasteiger partial charge is 0.391 e. The molecule has 1 aromatic heterocycles. The van der Waals surface area contributed by atoms with Gasteiger partial charge >= 0.3 is 6.18 Å². The Morgan fingerprint density at radius 2 is 2.00 bits per heavy atom. The van der Waals surface area contributed by atoms with E-state index in [2.05, 4.69) is 4.98 Å². The molecule has 0 aromatic carbocycles. The topological polar surface area (TPSA) is 33.2 Å². The van der Waals surface area contributed by atoms with Crippen LogP contribution in [0.25, 0.3) is 0 Å². The van der Waals surface area contributed by atoms with Gasteiger partial charge in [-0.15, -0.1) is 0 Å². The van der Waals surface area contributed by atoms with Crippen LogP contribution in [0.15, 0.2) is 18.5 Å². The second-order valence-corrected chi connectivity index (χ2v) is 4.87. The summed E-state index contributed by atoms with van der Waals surface area (Å²) in [7, 11) is 0. The van der Waals surface area contributed by atoms with Crippen molar-refractivity contribution in [3.8, 4) is 0 Å². The Labute approximate surface area is 113 Å². The third-order valence-corrected chi connectivity index (χ3v) is 3.57. The van der Waals surface area contributed by atoms with E-state index in [0.29, 0.717) is 0 Å². The van der Waals surface area contributed by atoms with Crippen LogP contribution in [0.2, 0.25) is 5.02 Å². The molecule has 1 saturated heterocycles. The van der Waals surface area contributed by atoms with Gasteiger partial charge in [-0.3, -0.25) is 9.78 Å². The van der Waals surface area contributed by atoms with E-state index in [4.69, 9.17) is 11.6 Å². The summed E-state index contributed by atoms with van der Waals surface area (Å²) >= 11 is 5.87. The molecule has 0 aliphatic carbocycles. The molecule has 0 bridgehead atoms. The first-order chi connectivity index (χ1) is 8.89. The first-order valence-electron chi connectivity index (χ1n) is 5.85.